The SMILES string of the molecule is Cc1cnc(-c2ccc(NC(=O)Cn3ccnc3C(C)C)cc2)[nH]1. The fourth-order valence-electron chi connectivity index (χ4n) is 2.58. The summed E-state index contributed by atoms with van der Waals surface area (Å²) < 4.78 is 1.87. The van der Waals surface area contributed by atoms with E-state index in [1.807, 2.05) is 42.0 Å². The molecule has 2 N–H and O–H groups in total. The molecule has 24 heavy (non-hydrogen) atoms. The van der Waals surface area contributed by atoms with Gasteiger partial charge in [-0.15, -0.1) is 0 Å². The number of nitrogens with zero attached hydrogens (tertiary/aromatic N) is 3. The topological polar surface area (TPSA) is 75.6 Å². The molecule has 3 aromatic rings. The molecule has 0 saturated heterocycles. The van der Waals surface area contributed by atoms with Gasteiger partial charge in [-0.1, -0.05) is 13.8 Å². The third kappa shape index (κ3) is 3.53. The van der Waals surface area contributed by atoms with Gasteiger partial charge in [-0.3, -0.25) is 4.79 Å². The number of carbonyl (C=O) groups excluding carboxylic acids is 1. The van der Waals surface area contributed by atoms with Crippen LogP contribution in [0.5, 0.6) is 0 Å². The predicted molar refractivity (Wildman–Crippen MR) is 93.7 cm³/mol. The number of benzene rings is 1. The van der Waals surface area contributed by atoms with E-state index in [0.717, 1.165) is 28.6 Å². The Kier molecular flexibility index (Phi) is 4.46. The zero-order chi connectivity index (χ0) is 17.1. The lowest BCUT2D eigenvalue weighted by Gasteiger charge is -2.11. The smallest absolute Gasteiger partial charge is 0.244 e. The number of anilines is 1. The summed E-state index contributed by atoms with van der Waals surface area (Å²) in [6, 6.07) is 7.63. The van der Waals surface area contributed by atoms with Gasteiger partial charge in [0.2, 0.25) is 5.91 Å². The average Bonchev–Trinajstić information content (AvgIpc) is 3.17. The monoisotopic (exact) mass is 323 g/mol. The first-order valence-electron chi connectivity index (χ1n) is 7.96. The Hall–Kier alpha value is -2.89. The summed E-state index contributed by atoms with van der Waals surface area (Å²) >= 11 is 0. The molecule has 0 spiro atoms. The van der Waals surface area contributed by atoms with E-state index in [-0.39, 0.29) is 18.4 Å². The van der Waals surface area contributed by atoms with Crippen molar-refractivity contribution in [2.24, 2.45) is 0 Å². The number of hydrogen-bond donors (Lipinski definition) is 2. The second-order valence-corrected chi connectivity index (χ2v) is 6.11. The van der Waals surface area contributed by atoms with Gasteiger partial charge in [-0.25, -0.2) is 9.97 Å². The first-order valence-corrected chi connectivity index (χ1v) is 7.96. The molecule has 0 bridgehead atoms. The van der Waals surface area contributed by atoms with Crippen LogP contribution in [0.15, 0.2) is 42.9 Å². The molecule has 0 aliphatic heterocycles. The van der Waals surface area contributed by atoms with Gasteiger partial charge in [-0.2, -0.15) is 0 Å². The Bertz CT molecular complexity index is 829. The minimum Gasteiger partial charge on any atom is -0.342 e. The summed E-state index contributed by atoms with van der Waals surface area (Å²) in [7, 11) is 0. The third-order valence-electron chi connectivity index (χ3n) is 3.72. The van der Waals surface area contributed by atoms with Crippen LogP contribution in [-0.4, -0.2) is 25.4 Å². The van der Waals surface area contributed by atoms with Gasteiger partial charge in [0.05, 0.1) is 0 Å². The highest BCUT2D eigenvalue weighted by Crippen LogP contribution is 2.19. The number of amides is 1. The predicted octanol–water partition coefficient (Wildman–Crippen LogP) is 3.34. The third-order valence-corrected chi connectivity index (χ3v) is 3.72. The van der Waals surface area contributed by atoms with E-state index in [4.69, 9.17) is 0 Å². The van der Waals surface area contributed by atoms with Crippen LogP contribution in [0.4, 0.5) is 5.69 Å². The van der Waals surface area contributed by atoms with Gasteiger partial charge in [0.1, 0.15) is 18.2 Å². The maximum atomic E-state index is 12.2. The van der Waals surface area contributed by atoms with Crippen molar-refractivity contribution in [2.75, 3.05) is 5.32 Å². The molecule has 0 atom stereocenters. The highest BCUT2D eigenvalue weighted by Gasteiger charge is 2.11. The van der Waals surface area contributed by atoms with Crippen LogP contribution < -0.4 is 5.32 Å². The lowest BCUT2D eigenvalue weighted by Crippen LogP contribution is -2.20. The van der Waals surface area contributed by atoms with Crippen molar-refractivity contribution in [3.05, 3.63) is 54.4 Å². The molecule has 0 unspecified atom stereocenters. The number of aromatic nitrogens is 4. The summed E-state index contributed by atoms with van der Waals surface area (Å²) in [6.07, 6.45) is 5.35. The lowest BCUT2D eigenvalue weighted by atomic mass is 10.2. The molecule has 124 valence electrons. The minimum absolute atomic E-state index is 0.0727. The van der Waals surface area contributed by atoms with Crippen molar-refractivity contribution in [3.8, 4) is 11.4 Å². The van der Waals surface area contributed by atoms with E-state index in [9.17, 15) is 4.79 Å². The van der Waals surface area contributed by atoms with Gasteiger partial charge in [0, 0.05) is 41.5 Å². The molecular formula is C18H21N5O. The molecular weight excluding hydrogens is 302 g/mol. The van der Waals surface area contributed by atoms with Crippen LogP contribution in [-0.2, 0) is 11.3 Å². The standard InChI is InChI=1S/C18H21N5O/c1-12(2)18-19-8-9-23(18)11-16(24)22-15-6-4-14(5-7-15)17-20-10-13(3)21-17/h4-10,12H,11H2,1-3H3,(H,20,21)(H,22,24). The first kappa shape index (κ1) is 16.0. The molecule has 0 saturated carbocycles. The van der Waals surface area contributed by atoms with Gasteiger partial charge in [0.15, 0.2) is 0 Å². The molecule has 2 aromatic heterocycles. The number of rotatable bonds is 5. The summed E-state index contributed by atoms with van der Waals surface area (Å²) in [5.74, 6) is 1.94. The van der Waals surface area contributed by atoms with Crippen LogP contribution in [0.25, 0.3) is 11.4 Å². The van der Waals surface area contributed by atoms with Crippen molar-refractivity contribution in [3.63, 3.8) is 0 Å². The highest BCUT2D eigenvalue weighted by atomic mass is 16.1. The molecule has 1 aromatic carbocycles. The summed E-state index contributed by atoms with van der Waals surface area (Å²) in [5.41, 5.74) is 2.76. The normalized spacial score (nSPS) is 11.0. The van der Waals surface area contributed by atoms with E-state index in [2.05, 4.69) is 34.1 Å². The van der Waals surface area contributed by atoms with Crippen LogP contribution >= 0.6 is 0 Å². The van der Waals surface area contributed by atoms with Crippen LogP contribution in [0.3, 0.4) is 0 Å². The van der Waals surface area contributed by atoms with Gasteiger partial charge in [0.25, 0.3) is 0 Å². The first-order chi connectivity index (χ1) is 11.5. The number of carbonyl (C=O) groups is 1. The van der Waals surface area contributed by atoms with Crippen LogP contribution in [0.2, 0.25) is 0 Å². The summed E-state index contributed by atoms with van der Waals surface area (Å²) in [4.78, 5) is 24.0. The zero-order valence-electron chi connectivity index (χ0n) is 14.1. The number of imidazole rings is 2. The number of hydrogen-bond acceptors (Lipinski definition) is 3. The maximum Gasteiger partial charge on any atom is 0.244 e. The fourth-order valence-corrected chi connectivity index (χ4v) is 2.58. The molecule has 2 heterocycles. The Balaban J connectivity index is 1.65. The second-order valence-electron chi connectivity index (χ2n) is 6.11. The average molecular weight is 323 g/mol. The molecule has 1 amide bonds. The summed E-state index contributed by atoms with van der Waals surface area (Å²) in [5, 5.41) is 2.91. The number of aryl methyl sites for hydroxylation is 1. The van der Waals surface area contributed by atoms with Crippen molar-refractivity contribution in [1.82, 2.24) is 19.5 Å². The minimum atomic E-state index is -0.0727. The Morgan fingerprint density at radius 1 is 1.25 bits per heavy atom. The Morgan fingerprint density at radius 2 is 2.00 bits per heavy atom. The molecule has 0 fully saturated rings. The molecule has 0 aliphatic carbocycles. The van der Waals surface area contributed by atoms with Gasteiger partial charge < -0.3 is 14.9 Å². The van der Waals surface area contributed by atoms with E-state index in [1.165, 1.54) is 0 Å². The van der Waals surface area contributed by atoms with E-state index < -0.39 is 0 Å². The highest BCUT2D eigenvalue weighted by molar-refractivity contribution is 5.90. The number of H-pyrrole nitrogens is 1. The van der Waals surface area contributed by atoms with E-state index in [1.54, 1.807) is 12.4 Å². The quantitative estimate of drug-likeness (QED) is 0.756. The molecule has 6 nitrogen and oxygen atoms in total. The molecule has 0 aliphatic rings. The van der Waals surface area contributed by atoms with Gasteiger partial charge >= 0.3 is 0 Å². The molecule has 3 rings (SSSR count). The molecule has 0 radical (unpaired) electrons. The Labute approximate surface area is 141 Å². The van der Waals surface area contributed by atoms with Crippen LogP contribution in [0, 0.1) is 6.92 Å². The second kappa shape index (κ2) is 6.70. The zero-order valence-corrected chi connectivity index (χ0v) is 14.1. The lowest BCUT2D eigenvalue weighted by molar-refractivity contribution is -0.116. The maximum absolute atomic E-state index is 12.2. The molecule has 6 heteroatoms. The van der Waals surface area contributed by atoms with Crippen molar-refractivity contribution >= 4 is 11.6 Å². The van der Waals surface area contributed by atoms with Crippen molar-refractivity contribution in [1.29, 1.82) is 0 Å². The van der Waals surface area contributed by atoms with Crippen LogP contribution in [0.1, 0.15) is 31.3 Å². The Morgan fingerprint density at radius 3 is 2.62 bits per heavy atom. The van der Waals surface area contributed by atoms with Gasteiger partial charge in [-0.05, 0) is 31.2 Å². The van der Waals surface area contributed by atoms with Crippen molar-refractivity contribution < 1.29 is 4.79 Å². The fraction of sp³-hybridized carbons (Fsp3) is 0.278. The number of aromatic amines is 1. The number of nitrogens with one attached hydrogen (secondary N) is 2. The van der Waals surface area contributed by atoms with E-state index >= 15 is 0 Å². The van der Waals surface area contributed by atoms with E-state index in [0.29, 0.717) is 0 Å². The summed E-state index contributed by atoms with van der Waals surface area (Å²) in [6.45, 7) is 6.34. The van der Waals surface area contributed by atoms with Crippen molar-refractivity contribution in [2.45, 2.75) is 33.2 Å². The largest absolute Gasteiger partial charge is 0.342 e.